The van der Waals surface area contributed by atoms with Crippen molar-refractivity contribution < 1.29 is 9.59 Å². The van der Waals surface area contributed by atoms with Crippen LogP contribution in [0, 0.1) is 11.3 Å². The summed E-state index contributed by atoms with van der Waals surface area (Å²) < 4.78 is 1.48. The fraction of sp³-hybridized carbons (Fsp3) is 0.586. The van der Waals surface area contributed by atoms with E-state index in [-0.39, 0.29) is 17.8 Å². The first-order chi connectivity index (χ1) is 18.5. The molecule has 3 amide bonds. The first kappa shape index (κ1) is 27.3. The summed E-state index contributed by atoms with van der Waals surface area (Å²) in [6.45, 7) is 4.94. The standard InChI is InChI=1S/C29H41N7O3/c1-28(2,31)25(37)34-15-17-35(18-16-34)26(38)32-24-11-14-36(27(39)33-24)23-9-3-20(4-10-23)19-29(12-13-29)21-5-7-22(30)8-6-21/h3-4,9-11,14,21-22H,5-8,12-13,15-19,30-31H2,1-2H3,(H,32,33,38,39). The first-order valence-electron chi connectivity index (χ1n) is 14.1. The Kier molecular flexibility index (Phi) is 7.52. The average Bonchev–Trinajstić information content (AvgIpc) is 3.69. The van der Waals surface area contributed by atoms with Crippen molar-refractivity contribution in [3.05, 3.63) is 52.6 Å². The number of nitrogens with zero attached hydrogens (tertiary/aromatic N) is 4. The minimum Gasteiger partial charge on any atom is -0.338 e. The van der Waals surface area contributed by atoms with Crippen LogP contribution in [-0.4, -0.2) is 69.0 Å². The third kappa shape index (κ3) is 6.17. The van der Waals surface area contributed by atoms with Gasteiger partial charge in [0.05, 0.1) is 11.2 Å². The highest BCUT2D eigenvalue weighted by atomic mass is 16.2. The number of rotatable bonds is 6. The molecule has 0 radical (unpaired) electrons. The van der Waals surface area contributed by atoms with E-state index in [1.54, 1.807) is 35.9 Å². The third-order valence-corrected chi connectivity index (χ3v) is 8.74. The van der Waals surface area contributed by atoms with Crippen LogP contribution in [0.5, 0.6) is 0 Å². The second-order valence-electron chi connectivity index (χ2n) is 12.2. The largest absolute Gasteiger partial charge is 0.354 e. The van der Waals surface area contributed by atoms with Crippen LogP contribution in [0.2, 0.25) is 0 Å². The molecule has 0 spiro atoms. The Morgan fingerprint density at radius 1 is 1.00 bits per heavy atom. The van der Waals surface area contributed by atoms with Gasteiger partial charge >= 0.3 is 11.7 Å². The molecule has 3 aliphatic rings. The highest BCUT2D eigenvalue weighted by molar-refractivity contribution is 5.89. The van der Waals surface area contributed by atoms with Crippen LogP contribution in [0.25, 0.3) is 5.69 Å². The summed E-state index contributed by atoms with van der Waals surface area (Å²) in [7, 11) is 0. The summed E-state index contributed by atoms with van der Waals surface area (Å²) in [6.07, 6.45) is 10.1. The summed E-state index contributed by atoms with van der Waals surface area (Å²) in [5.74, 6) is 0.834. The lowest BCUT2D eigenvalue weighted by molar-refractivity contribution is -0.137. The van der Waals surface area contributed by atoms with Gasteiger partial charge in [-0.1, -0.05) is 12.1 Å². The molecule has 3 fully saturated rings. The summed E-state index contributed by atoms with van der Waals surface area (Å²) in [5, 5.41) is 2.71. The number of piperazine rings is 1. The molecule has 10 heteroatoms. The van der Waals surface area contributed by atoms with E-state index in [1.807, 2.05) is 12.1 Å². The second-order valence-corrected chi connectivity index (χ2v) is 12.2. The van der Waals surface area contributed by atoms with E-state index in [4.69, 9.17) is 11.5 Å². The number of amides is 3. The van der Waals surface area contributed by atoms with E-state index in [0.717, 1.165) is 30.9 Å². The first-order valence-corrected chi connectivity index (χ1v) is 14.1. The molecule has 1 aliphatic heterocycles. The molecule has 0 bridgehead atoms. The van der Waals surface area contributed by atoms with Crippen molar-refractivity contribution >= 4 is 17.8 Å². The van der Waals surface area contributed by atoms with Crippen LogP contribution >= 0.6 is 0 Å². The van der Waals surface area contributed by atoms with Gasteiger partial charge in [-0.2, -0.15) is 4.98 Å². The fourth-order valence-electron chi connectivity index (χ4n) is 6.18. The van der Waals surface area contributed by atoms with Gasteiger partial charge in [0, 0.05) is 38.4 Å². The molecule has 10 nitrogen and oxygen atoms in total. The number of anilines is 1. The maximum Gasteiger partial charge on any atom is 0.354 e. The molecule has 2 aromatic rings. The van der Waals surface area contributed by atoms with Gasteiger partial charge in [0.2, 0.25) is 5.91 Å². The molecule has 5 rings (SSSR count). The Balaban J connectivity index is 1.16. The van der Waals surface area contributed by atoms with Crippen LogP contribution in [-0.2, 0) is 11.2 Å². The number of benzene rings is 1. The molecule has 1 aromatic heterocycles. The molecule has 39 heavy (non-hydrogen) atoms. The number of carbonyl (C=O) groups excluding carboxylic acids is 2. The van der Waals surface area contributed by atoms with Crippen molar-refractivity contribution in [3.63, 3.8) is 0 Å². The lowest BCUT2D eigenvalue weighted by Gasteiger charge is -2.37. The van der Waals surface area contributed by atoms with Gasteiger partial charge in [-0.15, -0.1) is 0 Å². The van der Waals surface area contributed by atoms with E-state index in [9.17, 15) is 14.4 Å². The molecule has 1 aromatic carbocycles. The maximum atomic E-state index is 12.8. The zero-order valence-corrected chi connectivity index (χ0v) is 23.1. The molecule has 0 atom stereocenters. The van der Waals surface area contributed by atoms with Gasteiger partial charge in [-0.25, -0.2) is 9.59 Å². The van der Waals surface area contributed by atoms with Crippen LogP contribution in [0.3, 0.4) is 0 Å². The van der Waals surface area contributed by atoms with E-state index < -0.39 is 11.2 Å². The minimum absolute atomic E-state index is 0.137. The summed E-state index contributed by atoms with van der Waals surface area (Å²) in [6, 6.07) is 9.80. The number of hydrogen-bond acceptors (Lipinski definition) is 6. The molecular weight excluding hydrogens is 494 g/mol. The minimum atomic E-state index is -0.942. The van der Waals surface area contributed by atoms with Gasteiger partial charge in [0.15, 0.2) is 0 Å². The molecule has 2 aliphatic carbocycles. The van der Waals surface area contributed by atoms with Crippen molar-refractivity contribution in [1.82, 2.24) is 19.4 Å². The summed E-state index contributed by atoms with van der Waals surface area (Å²) >= 11 is 0. The van der Waals surface area contributed by atoms with Crippen molar-refractivity contribution in [2.45, 2.75) is 70.4 Å². The number of carbonyl (C=O) groups is 2. The van der Waals surface area contributed by atoms with Gasteiger partial charge in [-0.3, -0.25) is 14.7 Å². The third-order valence-electron chi connectivity index (χ3n) is 8.74. The number of nitrogens with one attached hydrogen (secondary N) is 1. The zero-order valence-electron chi connectivity index (χ0n) is 23.1. The van der Waals surface area contributed by atoms with Crippen LogP contribution < -0.4 is 22.5 Å². The highest BCUT2D eigenvalue weighted by Crippen LogP contribution is 2.58. The summed E-state index contributed by atoms with van der Waals surface area (Å²) in [5.41, 5.74) is 13.1. The number of nitrogens with two attached hydrogens (primary N) is 2. The monoisotopic (exact) mass is 535 g/mol. The van der Waals surface area contributed by atoms with Crippen molar-refractivity contribution in [1.29, 1.82) is 0 Å². The SMILES string of the molecule is CC(C)(N)C(=O)N1CCN(C(=O)Nc2ccn(-c3ccc(CC4(C5CCC(N)CC5)CC4)cc3)c(=O)n2)CC1. The summed E-state index contributed by atoms with van der Waals surface area (Å²) in [4.78, 5) is 45.2. The Morgan fingerprint density at radius 3 is 2.18 bits per heavy atom. The maximum absolute atomic E-state index is 12.8. The van der Waals surface area contributed by atoms with Crippen molar-refractivity contribution in [2.24, 2.45) is 22.8 Å². The van der Waals surface area contributed by atoms with Crippen LogP contribution in [0.4, 0.5) is 10.6 Å². The predicted octanol–water partition coefficient (Wildman–Crippen LogP) is 2.49. The predicted molar refractivity (Wildman–Crippen MR) is 151 cm³/mol. The molecule has 1 saturated heterocycles. The van der Waals surface area contributed by atoms with E-state index >= 15 is 0 Å². The molecule has 2 heterocycles. The van der Waals surface area contributed by atoms with Crippen LogP contribution in [0.15, 0.2) is 41.3 Å². The Hall–Kier alpha value is -3.24. The van der Waals surface area contributed by atoms with E-state index in [1.165, 1.54) is 35.8 Å². The quantitative estimate of drug-likeness (QED) is 0.519. The normalized spacial score (nSPS) is 22.9. The van der Waals surface area contributed by atoms with Crippen LogP contribution in [0.1, 0.15) is 57.9 Å². The smallest absolute Gasteiger partial charge is 0.338 e. The Labute approximate surface area is 229 Å². The van der Waals surface area contributed by atoms with Gasteiger partial charge < -0.3 is 21.3 Å². The molecular formula is C29H41N7O3. The van der Waals surface area contributed by atoms with Crippen molar-refractivity contribution in [2.75, 3.05) is 31.5 Å². The van der Waals surface area contributed by atoms with Gasteiger partial charge in [0.1, 0.15) is 5.82 Å². The van der Waals surface area contributed by atoms with Gasteiger partial charge in [0.25, 0.3) is 0 Å². The van der Waals surface area contributed by atoms with Gasteiger partial charge in [-0.05, 0) is 93.9 Å². The molecule has 210 valence electrons. The lowest BCUT2D eigenvalue weighted by atomic mass is 9.74. The number of aromatic nitrogens is 2. The topological polar surface area (TPSA) is 140 Å². The molecule has 5 N–H and O–H groups in total. The lowest BCUT2D eigenvalue weighted by Crippen LogP contribution is -2.58. The van der Waals surface area contributed by atoms with E-state index in [0.29, 0.717) is 37.6 Å². The Morgan fingerprint density at radius 2 is 1.62 bits per heavy atom. The fourth-order valence-corrected chi connectivity index (χ4v) is 6.18. The zero-order chi connectivity index (χ0) is 27.8. The highest BCUT2D eigenvalue weighted by Gasteiger charge is 2.49. The molecule has 2 saturated carbocycles. The van der Waals surface area contributed by atoms with Crippen molar-refractivity contribution in [3.8, 4) is 5.69 Å². The average molecular weight is 536 g/mol. The second kappa shape index (κ2) is 10.7. The number of urea groups is 1. The number of hydrogen-bond donors (Lipinski definition) is 3. The van der Waals surface area contributed by atoms with E-state index in [2.05, 4.69) is 22.4 Å². The Bertz CT molecular complexity index is 1250. The molecule has 0 unspecified atom stereocenters.